The molecular weight excluding hydrogens is 392 g/mol. The third-order valence-corrected chi connectivity index (χ3v) is 4.95. The van der Waals surface area contributed by atoms with Crippen molar-refractivity contribution in [3.63, 3.8) is 0 Å². The van der Waals surface area contributed by atoms with Crippen LogP contribution in [0.15, 0.2) is 0 Å². The maximum absolute atomic E-state index is 12.6. The number of carboxylic acids is 1. The fourth-order valence-electron chi connectivity index (χ4n) is 2.72. The molecule has 10 heteroatoms. The van der Waals surface area contributed by atoms with Gasteiger partial charge >= 0.3 is 5.97 Å². The van der Waals surface area contributed by atoms with Gasteiger partial charge in [-0.05, 0) is 24.2 Å². The molecule has 0 aliphatic rings. The lowest BCUT2D eigenvalue weighted by molar-refractivity contribution is -0.143. The fraction of sp³-hybridized carbons (Fsp3) is 0.800. The first-order valence-corrected chi connectivity index (χ1v) is 10.4. The lowest BCUT2D eigenvalue weighted by Gasteiger charge is -2.26. The Morgan fingerprint density at radius 1 is 0.867 bits per heavy atom. The summed E-state index contributed by atoms with van der Waals surface area (Å²) in [6, 6.07) is -4.25. The van der Waals surface area contributed by atoms with Crippen LogP contribution in [-0.2, 0) is 19.2 Å². The van der Waals surface area contributed by atoms with Gasteiger partial charge in [-0.3, -0.25) is 14.4 Å². The van der Waals surface area contributed by atoms with Crippen LogP contribution < -0.4 is 21.7 Å². The maximum Gasteiger partial charge on any atom is 0.326 e. The normalized spacial score (nSPS) is 16.3. The molecule has 0 aliphatic carbocycles. The van der Waals surface area contributed by atoms with Crippen molar-refractivity contribution in [2.24, 2.45) is 23.5 Å². The molecule has 0 aromatic rings. The van der Waals surface area contributed by atoms with Gasteiger partial charge in [0.2, 0.25) is 17.7 Å². The van der Waals surface area contributed by atoms with Crippen molar-refractivity contribution in [2.75, 3.05) is 6.61 Å². The first kappa shape index (κ1) is 27.8. The standard InChI is InChI=1S/C20H38N4O6/c1-7-12(6)15(21)19(28)23-14(9-25)18(27)22-13(8-10(2)3)17(26)24-16(11(4)5)20(29)30/h10-16,25H,7-9,21H2,1-6H3,(H,22,27)(H,23,28)(H,24,26)(H,29,30). The Hall–Kier alpha value is -2.20. The van der Waals surface area contributed by atoms with Crippen molar-refractivity contribution in [3.8, 4) is 0 Å². The van der Waals surface area contributed by atoms with Crippen LogP contribution in [0.2, 0.25) is 0 Å². The summed E-state index contributed by atoms with van der Waals surface area (Å²) in [5.74, 6) is -3.59. The van der Waals surface area contributed by atoms with E-state index in [1.807, 2.05) is 20.8 Å². The summed E-state index contributed by atoms with van der Waals surface area (Å²) in [5.41, 5.74) is 5.86. The van der Waals surface area contributed by atoms with Crippen LogP contribution in [-0.4, -0.2) is 64.7 Å². The Morgan fingerprint density at radius 3 is 1.77 bits per heavy atom. The average Bonchev–Trinajstić information content (AvgIpc) is 2.66. The Morgan fingerprint density at radius 2 is 1.37 bits per heavy atom. The van der Waals surface area contributed by atoms with Gasteiger partial charge < -0.3 is 31.9 Å². The van der Waals surface area contributed by atoms with Gasteiger partial charge in [0.05, 0.1) is 12.6 Å². The largest absolute Gasteiger partial charge is 0.480 e. The number of nitrogens with one attached hydrogen (secondary N) is 3. The second-order valence-electron chi connectivity index (χ2n) is 8.41. The highest BCUT2D eigenvalue weighted by Gasteiger charge is 2.31. The van der Waals surface area contributed by atoms with Crippen LogP contribution in [0, 0.1) is 17.8 Å². The monoisotopic (exact) mass is 430 g/mol. The van der Waals surface area contributed by atoms with Crippen molar-refractivity contribution >= 4 is 23.7 Å². The van der Waals surface area contributed by atoms with Crippen molar-refractivity contribution in [1.29, 1.82) is 0 Å². The van der Waals surface area contributed by atoms with E-state index in [4.69, 9.17) is 5.73 Å². The molecule has 3 amide bonds. The third kappa shape index (κ3) is 9.08. The summed E-state index contributed by atoms with van der Waals surface area (Å²) >= 11 is 0. The molecule has 0 aromatic carbocycles. The minimum absolute atomic E-state index is 0.0179. The molecule has 30 heavy (non-hydrogen) atoms. The minimum Gasteiger partial charge on any atom is -0.480 e. The Bertz CT molecular complexity index is 596. The number of aliphatic carboxylic acids is 1. The molecule has 5 unspecified atom stereocenters. The SMILES string of the molecule is CCC(C)C(N)C(=O)NC(CO)C(=O)NC(CC(C)C)C(=O)NC(C(=O)O)C(C)C. The van der Waals surface area contributed by atoms with Crippen LogP contribution in [0.5, 0.6) is 0 Å². The van der Waals surface area contributed by atoms with Gasteiger partial charge in [-0.2, -0.15) is 0 Å². The molecule has 0 aromatic heterocycles. The number of nitrogens with two attached hydrogens (primary N) is 1. The highest BCUT2D eigenvalue weighted by molar-refractivity contribution is 5.94. The van der Waals surface area contributed by atoms with Crippen LogP contribution in [0.4, 0.5) is 0 Å². The van der Waals surface area contributed by atoms with E-state index in [0.29, 0.717) is 6.42 Å². The highest BCUT2D eigenvalue weighted by Crippen LogP contribution is 2.09. The van der Waals surface area contributed by atoms with E-state index >= 15 is 0 Å². The van der Waals surface area contributed by atoms with Gasteiger partial charge in [0, 0.05) is 0 Å². The smallest absolute Gasteiger partial charge is 0.326 e. The molecule has 0 saturated carbocycles. The molecule has 0 saturated heterocycles. The van der Waals surface area contributed by atoms with Crippen molar-refractivity contribution < 1.29 is 29.4 Å². The summed E-state index contributed by atoms with van der Waals surface area (Å²) in [4.78, 5) is 48.8. The zero-order valence-corrected chi connectivity index (χ0v) is 18.8. The summed E-state index contributed by atoms with van der Waals surface area (Å²) in [5, 5.41) is 26.2. The molecule has 7 N–H and O–H groups in total. The molecule has 0 rings (SSSR count). The lowest BCUT2D eigenvalue weighted by Crippen LogP contribution is -2.59. The number of carboxylic acid groups (broad SMARTS) is 1. The van der Waals surface area contributed by atoms with Gasteiger partial charge in [-0.1, -0.05) is 48.0 Å². The molecule has 5 atom stereocenters. The Balaban J connectivity index is 5.29. The zero-order valence-electron chi connectivity index (χ0n) is 18.8. The molecule has 0 radical (unpaired) electrons. The number of aliphatic hydroxyl groups excluding tert-OH is 1. The van der Waals surface area contributed by atoms with E-state index < -0.39 is 54.5 Å². The molecule has 10 nitrogen and oxygen atoms in total. The van der Waals surface area contributed by atoms with Crippen molar-refractivity contribution in [1.82, 2.24) is 16.0 Å². The summed E-state index contributed by atoms with van der Waals surface area (Å²) < 4.78 is 0. The molecule has 0 heterocycles. The van der Waals surface area contributed by atoms with Gasteiger partial charge in [0.1, 0.15) is 18.1 Å². The molecule has 0 fully saturated rings. The quantitative estimate of drug-likeness (QED) is 0.231. The van der Waals surface area contributed by atoms with Crippen LogP contribution in [0.1, 0.15) is 54.4 Å². The molecule has 0 bridgehead atoms. The summed E-state index contributed by atoms with van der Waals surface area (Å²) in [6.45, 7) is 10.0. The fourth-order valence-corrected chi connectivity index (χ4v) is 2.72. The van der Waals surface area contributed by atoms with Gasteiger partial charge in [-0.15, -0.1) is 0 Å². The Kier molecular flexibility index (Phi) is 12.2. The topological polar surface area (TPSA) is 171 Å². The van der Waals surface area contributed by atoms with E-state index in [9.17, 15) is 29.4 Å². The molecule has 0 aliphatic heterocycles. The van der Waals surface area contributed by atoms with Crippen molar-refractivity contribution in [2.45, 2.75) is 78.6 Å². The van der Waals surface area contributed by atoms with Crippen LogP contribution >= 0.6 is 0 Å². The third-order valence-electron chi connectivity index (χ3n) is 4.95. The number of amides is 3. The number of carbonyl (C=O) groups excluding carboxylic acids is 3. The van der Waals surface area contributed by atoms with E-state index in [2.05, 4.69) is 16.0 Å². The first-order chi connectivity index (χ1) is 13.8. The number of hydrogen-bond donors (Lipinski definition) is 6. The van der Waals surface area contributed by atoms with Gasteiger partial charge in [0.15, 0.2) is 0 Å². The van der Waals surface area contributed by atoms with Crippen LogP contribution in [0.3, 0.4) is 0 Å². The van der Waals surface area contributed by atoms with E-state index in [-0.39, 0.29) is 24.2 Å². The second-order valence-corrected chi connectivity index (χ2v) is 8.41. The van der Waals surface area contributed by atoms with Gasteiger partial charge in [-0.25, -0.2) is 4.79 Å². The Labute approximate surface area is 178 Å². The van der Waals surface area contributed by atoms with E-state index in [0.717, 1.165) is 0 Å². The van der Waals surface area contributed by atoms with Gasteiger partial charge in [0.25, 0.3) is 0 Å². The van der Waals surface area contributed by atoms with E-state index in [1.165, 1.54) is 0 Å². The number of hydrogen-bond acceptors (Lipinski definition) is 6. The molecule has 0 spiro atoms. The van der Waals surface area contributed by atoms with E-state index in [1.54, 1.807) is 20.8 Å². The molecular formula is C20H38N4O6. The van der Waals surface area contributed by atoms with Crippen LogP contribution in [0.25, 0.3) is 0 Å². The minimum atomic E-state index is -1.28. The zero-order chi connectivity index (χ0) is 23.6. The molecule has 174 valence electrons. The maximum atomic E-state index is 12.6. The number of carbonyl (C=O) groups is 4. The first-order valence-electron chi connectivity index (χ1n) is 10.4. The second kappa shape index (κ2) is 13.2. The predicted octanol–water partition coefficient (Wildman–Crippen LogP) is -0.407. The number of aliphatic hydroxyl groups is 1. The summed E-state index contributed by atoms with van der Waals surface area (Å²) in [7, 11) is 0. The summed E-state index contributed by atoms with van der Waals surface area (Å²) in [6.07, 6.45) is 0.919. The highest BCUT2D eigenvalue weighted by atomic mass is 16.4. The predicted molar refractivity (Wildman–Crippen MR) is 112 cm³/mol. The lowest BCUT2D eigenvalue weighted by atomic mass is 9.99. The average molecular weight is 431 g/mol. The van der Waals surface area contributed by atoms with Crippen molar-refractivity contribution in [3.05, 3.63) is 0 Å². The number of rotatable bonds is 13.